The van der Waals surface area contributed by atoms with Gasteiger partial charge in [0.25, 0.3) is 0 Å². The number of aryl methyl sites for hydroxylation is 1. The molecule has 6 heteroatoms. The zero-order valence-electron chi connectivity index (χ0n) is 9.43. The second-order valence-corrected chi connectivity index (χ2v) is 4.63. The molecule has 3 aromatic rings. The molecule has 3 rings (SSSR count). The highest BCUT2D eigenvalue weighted by Gasteiger charge is 2.13. The molecule has 0 unspecified atom stereocenters. The molecule has 0 radical (unpaired) electrons. The Kier molecular flexibility index (Phi) is 2.69. The van der Waals surface area contributed by atoms with Gasteiger partial charge in [0.05, 0.1) is 16.8 Å². The van der Waals surface area contributed by atoms with Crippen molar-refractivity contribution in [3.63, 3.8) is 0 Å². The minimum absolute atomic E-state index is 0.415. The smallest absolute Gasteiger partial charge is 0.168 e. The Balaban J connectivity index is 2.30. The Morgan fingerprint density at radius 1 is 1.06 bits per heavy atom. The molecular weight excluding hydrogens is 271 g/mol. The zero-order valence-corrected chi connectivity index (χ0v) is 10.9. The molecule has 0 amide bonds. The number of fused-ring (bicyclic) bond motifs is 1. The van der Waals surface area contributed by atoms with Gasteiger partial charge in [-0.15, -0.1) is 0 Å². The van der Waals surface area contributed by atoms with Crippen molar-refractivity contribution in [3.05, 3.63) is 46.5 Å². The number of hydrogen-bond acceptors (Lipinski definition) is 3. The molecule has 90 valence electrons. The van der Waals surface area contributed by atoms with Crippen LogP contribution in [0.15, 0.2) is 30.6 Å². The van der Waals surface area contributed by atoms with Crippen molar-refractivity contribution in [3.8, 4) is 5.69 Å². The molecule has 0 N–H and O–H groups in total. The van der Waals surface area contributed by atoms with Crippen LogP contribution >= 0.6 is 23.2 Å². The number of benzene rings is 1. The van der Waals surface area contributed by atoms with Gasteiger partial charge in [0.2, 0.25) is 0 Å². The molecule has 0 spiro atoms. The van der Waals surface area contributed by atoms with Gasteiger partial charge in [0.15, 0.2) is 5.65 Å². The fourth-order valence-corrected chi connectivity index (χ4v) is 2.23. The van der Waals surface area contributed by atoms with Crippen LogP contribution in [0.4, 0.5) is 0 Å². The minimum atomic E-state index is 0.415. The van der Waals surface area contributed by atoms with E-state index in [9.17, 15) is 0 Å². The molecule has 0 aliphatic carbocycles. The van der Waals surface area contributed by atoms with Gasteiger partial charge in [-0.3, -0.25) is 0 Å². The van der Waals surface area contributed by atoms with E-state index in [1.807, 2.05) is 31.2 Å². The summed E-state index contributed by atoms with van der Waals surface area (Å²) in [4.78, 5) is 8.20. The first kappa shape index (κ1) is 11.4. The predicted molar refractivity (Wildman–Crippen MR) is 71.4 cm³/mol. The first-order valence-corrected chi connectivity index (χ1v) is 6.04. The molecule has 18 heavy (non-hydrogen) atoms. The summed E-state index contributed by atoms with van der Waals surface area (Å²) in [6.45, 7) is 1.88. The van der Waals surface area contributed by atoms with Gasteiger partial charge in [-0.2, -0.15) is 5.10 Å². The van der Waals surface area contributed by atoms with E-state index in [-0.39, 0.29) is 0 Å². The van der Waals surface area contributed by atoms with Crippen LogP contribution in [-0.4, -0.2) is 19.7 Å². The summed E-state index contributed by atoms with van der Waals surface area (Å²) in [5.41, 5.74) is 2.37. The van der Waals surface area contributed by atoms with Gasteiger partial charge in [-0.1, -0.05) is 23.2 Å². The van der Waals surface area contributed by atoms with Gasteiger partial charge in [0, 0.05) is 5.02 Å². The third-order valence-electron chi connectivity index (χ3n) is 2.66. The first-order chi connectivity index (χ1) is 8.66. The molecule has 0 aliphatic rings. The Bertz CT molecular complexity index is 719. The highest BCUT2D eigenvalue weighted by molar-refractivity contribution is 6.34. The number of hydrogen-bond donors (Lipinski definition) is 0. The molecule has 0 aliphatic heterocycles. The van der Waals surface area contributed by atoms with E-state index in [1.54, 1.807) is 4.68 Å². The fourth-order valence-electron chi connectivity index (χ4n) is 1.84. The monoisotopic (exact) mass is 278 g/mol. The largest absolute Gasteiger partial charge is 0.224 e. The summed E-state index contributed by atoms with van der Waals surface area (Å²) in [7, 11) is 0. The van der Waals surface area contributed by atoms with Crippen molar-refractivity contribution in [2.24, 2.45) is 0 Å². The van der Waals surface area contributed by atoms with Crippen LogP contribution in [0.3, 0.4) is 0 Å². The zero-order chi connectivity index (χ0) is 12.7. The molecule has 2 heterocycles. The molecule has 4 nitrogen and oxygen atoms in total. The van der Waals surface area contributed by atoms with Crippen LogP contribution in [0.2, 0.25) is 10.2 Å². The molecule has 2 aromatic heterocycles. The van der Waals surface area contributed by atoms with E-state index in [0.29, 0.717) is 15.8 Å². The lowest BCUT2D eigenvalue weighted by Gasteiger charge is -2.02. The van der Waals surface area contributed by atoms with Crippen molar-refractivity contribution in [1.29, 1.82) is 0 Å². The molecule has 0 saturated carbocycles. The first-order valence-electron chi connectivity index (χ1n) is 5.28. The SMILES string of the molecule is Cc1nn(-c2ccc(Cl)cc2)c2ncnc(Cl)c12. The van der Waals surface area contributed by atoms with Gasteiger partial charge in [-0.05, 0) is 31.2 Å². The minimum Gasteiger partial charge on any atom is -0.224 e. The summed E-state index contributed by atoms with van der Waals surface area (Å²) >= 11 is 11.9. The van der Waals surface area contributed by atoms with Crippen LogP contribution in [0, 0.1) is 6.92 Å². The highest BCUT2D eigenvalue weighted by atomic mass is 35.5. The van der Waals surface area contributed by atoms with Gasteiger partial charge in [0.1, 0.15) is 11.5 Å². The Hall–Kier alpha value is -1.65. The van der Waals surface area contributed by atoms with E-state index >= 15 is 0 Å². The van der Waals surface area contributed by atoms with Crippen molar-refractivity contribution >= 4 is 34.2 Å². The number of nitrogens with zero attached hydrogens (tertiary/aromatic N) is 4. The van der Waals surface area contributed by atoms with Crippen LogP contribution < -0.4 is 0 Å². The van der Waals surface area contributed by atoms with Crippen molar-refractivity contribution in [1.82, 2.24) is 19.7 Å². The van der Waals surface area contributed by atoms with Crippen LogP contribution in [0.5, 0.6) is 0 Å². The van der Waals surface area contributed by atoms with Gasteiger partial charge >= 0.3 is 0 Å². The summed E-state index contributed by atoms with van der Waals surface area (Å²) < 4.78 is 1.73. The van der Waals surface area contributed by atoms with Crippen LogP contribution in [-0.2, 0) is 0 Å². The third-order valence-corrected chi connectivity index (χ3v) is 3.20. The van der Waals surface area contributed by atoms with Gasteiger partial charge in [-0.25, -0.2) is 14.6 Å². The highest BCUT2D eigenvalue weighted by Crippen LogP contribution is 2.25. The summed E-state index contributed by atoms with van der Waals surface area (Å²) in [6, 6.07) is 7.37. The lowest BCUT2D eigenvalue weighted by molar-refractivity contribution is 0.876. The van der Waals surface area contributed by atoms with E-state index < -0.39 is 0 Å². The Morgan fingerprint density at radius 2 is 1.78 bits per heavy atom. The molecular formula is C12H8Cl2N4. The van der Waals surface area contributed by atoms with Crippen molar-refractivity contribution in [2.75, 3.05) is 0 Å². The maximum Gasteiger partial charge on any atom is 0.168 e. The second-order valence-electron chi connectivity index (χ2n) is 3.84. The second kappa shape index (κ2) is 4.23. The standard InChI is InChI=1S/C12H8Cl2N4/c1-7-10-11(14)15-6-16-12(10)18(17-7)9-4-2-8(13)3-5-9/h2-6H,1H3. The number of rotatable bonds is 1. The topological polar surface area (TPSA) is 43.6 Å². The predicted octanol–water partition coefficient (Wildman–Crippen LogP) is 3.43. The maximum absolute atomic E-state index is 6.06. The lowest BCUT2D eigenvalue weighted by atomic mass is 10.3. The van der Waals surface area contributed by atoms with Crippen molar-refractivity contribution in [2.45, 2.75) is 6.92 Å². The average Bonchev–Trinajstić information content (AvgIpc) is 2.69. The summed E-state index contributed by atoms with van der Waals surface area (Å²) in [5.74, 6) is 0. The Morgan fingerprint density at radius 3 is 2.50 bits per heavy atom. The van der Waals surface area contributed by atoms with Crippen LogP contribution in [0.1, 0.15) is 5.69 Å². The summed E-state index contributed by atoms with van der Waals surface area (Å²) in [6.07, 6.45) is 1.43. The quantitative estimate of drug-likeness (QED) is 0.641. The fraction of sp³-hybridized carbons (Fsp3) is 0.0833. The normalized spacial score (nSPS) is 11.1. The average molecular weight is 279 g/mol. The van der Waals surface area contributed by atoms with Gasteiger partial charge < -0.3 is 0 Å². The third kappa shape index (κ3) is 1.74. The molecule has 1 aromatic carbocycles. The lowest BCUT2D eigenvalue weighted by Crippen LogP contribution is -1.97. The van der Waals surface area contributed by atoms with Crippen LogP contribution in [0.25, 0.3) is 16.7 Å². The van der Waals surface area contributed by atoms with E-state index in [0.717, 1.165) is 16.8 Å². The Labute approximate surface area is 113 Å². The molecule has 0 saturated heterocycles. The van der Waals surface area contributed by atoms with E-state index in [4.69, 9.17) is 23.2 Å². The summed E-state index contributed by atoms with van der Waals surface area (Å²) in [5, 5.41) is 6.30. The van der Waals surface area contributed by atoms with Crippen molar-refractivity contribution < 1.29 is 0 Å². The molecule has 0 bridgehead atoms. The molecule has 0 atom stereocenters. The van der Waals surface area contributed by atoms with E-state index in [1.165, 1.54) is 6.33 Å². The maximum atomic E-state index is 6.06. The molecule has 0 fully saturated rings. The number of halogens is 2. The van der Waals surface area contributed by atoms with E-state index in [2.05, 4.69) is 15.1 Å². The number of aromatic nitrogens is 4.